The Labute approximate surface area is 151 Å². The Morgan fingerprint density at radius 2 is 1.32 bits per heavy atom. The summed E-state index contributed by atoms with van der Waals surface area (Å²) < 4.78 is 6.26. The van der Waals surface area contributed by atoms with E-state index in [0.29, 0.717) is 12.8 Å². The highest BCUT2D eigenvalue weighted by molar-refractivity contribution is 6.04. The molecule has 0 N–H and O–H groups in total. The van der Waals surface area contributed by atoms with Crippen LogP contribution in [0.3, 0.4) is 0 Å². The van der Waals surface area contributed by atoms with Crippen LogP contribution in [-0.2, 0) is 14.3 Å². The van der Waals surface area contributed by atoms with Crippen molar-refractivity contribution in [3.63, 3.8) is 0 Å². The van der Waals surface area contributed by atoms with Crippen LogP contribution in [0.5, 0.6) is 0 Å². The van der Waals surface area contributed by atoms with Crippen molar-refractivity contribution in [3.8, 4) is 0 Å². The van der Waals surface area contributed by atoms with Crippen molar-refractivity contribution >= 4 is 11.6 Å². The summed E-state index contributed by atoms with van der Waals surface area (Å²) in [5, 5.41) is 0. The molecular formula is C22H32O3. The largest absolute Gasteiger partial charge is 0.465 e. The number of unbranched alkanes of at least 4 members (excludes halogenated alkanes) is 2. The van der Waals surface area contributed by atoms with Crippen LogP contribution in [0, 0.1) is 16.7 Å². The molecule has 0 saturated carbocycles. The van der Waals surface area contributed by atoms with Crippen LogP contribution in [0.2, 0.25) is 0 Å². The maximum absolute atomic E-state index is 12.9. The maximum Gasteiger partial charge on any atom is 0.163 e. The van der Waals surface area contributed by atoms with Crippen molar-refractivity contribution in [1.29, 1.82) is 0 Å². The molecule has 0 radical (unpaired) electrons. The Morgan fingerprint density at radius 3 is 1.76 bits per heavy atom. The van der Waals surface area contributed by atoms with E-state index in [9.17, 15) is 9.59 Å². The molecule has 1 aliphatic heterocycles. The Hall–Kier alpha value is -1.38. The SMILES string of the molecule is CCCCCC1C2=C(CC(C)(C)CC2=O)OC2=C1C(=O)CC(C)(C)C2. The number of ketones is 2. The fraction of sp³-hybridized carbons (Fsp3) is 0.727. The van der Waals surface area contributed by atoms with Gasteiger partial charge in [0.2, 0.25) is 0 Å². The summed E-state index contributed by atoms with van der Waals surface area (Å²) in [5.74, 6) is 2.06. The van der Waals surface area contributed by atoms with Gasteiger partial charge in [-0.2, -0.15) is 0 Å². The second kappa shape index (κ2) is 6.41. The van der Waals surface area contributed by atoms with Crippen molar-refractivity contribution in [2.45, 2.75) is 86.0 Å². The van der Waals surface area contributed by atoms with Gasteiger partial charge in [0.1, 0.15) is 11.5 Å². The number of hydrogen-bond donors (Lipinski definition) is 0. The molecule has 138 valence electrons. The number of carbonyl (C=O) groups is 2. The smallest absolute Gasteiger partial charge is 0.163 e. The first-order valence-electron chi connectivity index (χ1n) is 9.84. The average Bonchev–Trinajstić information content (AvgIpc) is 2.43. The highest BCUT2D eigenvalue weighted by atomic mass is 16.5. The molecule has 0 saturated heterocycles. The summed E-state index contributed by atoms with van der Waals surface area (Å²) in [6.45, 7) is 10.7. The Balaban J connectivity index is 2.01. The fourth-order valence-corrected chi connectivity index (χ4v) is 4.70. The normalized spacial score (nSPS) is 25.6. The van der Waals surface area contributed by atoms with Crippen molar-refractivity contribution < 1.29 is 14.3 Å². The van der Waals surface area contributed by atoms with Crippen molar-refractivity contribution in [3.05, 3.63) is 22.7 Å². The minimum absolute atomic E-state index is 0.0301. The van der Waals surface area contributed by atoms with Gasteiger partial charge in [-0.1, -0.05) is 53.9 Å². The molecule has 0 bridgehead atoms. The van der Waals surface area contributed by atoms with Gasteiger partial charge in [-0.05, 0) is 17.3 Å². The topological polar surface area (TPSA) is 43.4 Å². The summed E-state index contributed by atoms with van der Waals surface area (Å²) in [5.41, 5.74) is 1.52. The van der Waals surface area contributed by atoms with E-state index in [1.54, 1.807) is 0 Å². The molecule has 2 aliphatic carbocycles. The summed E-state index contributed by atoms with van der Waals surface area (Å²) >= 11 is 0. The van der Waals surface area contributed by atoms with E-state index in [0.717, 1.165) is 61.2 Å². The van der Waals surface area contributed by atoms with Crippen LogP contribution in [0.15, 0.2) is 22.7 Å². The molecule has 0 aromatic carbocycles. The summed E-state index contributed by atoms with van der Waals surface area (Å²) in [6.07, 6.45) is 6.94. The van der Waals surface area contributed by atoms with Crippen molar-refractivity contribution in [2.24, 2.45) is 16.7 Å². The van der Waals surface area contributed by atoms with Gasteiger partial charge >= 0.3 is 0 Å². The molecule has 0 unspecified atom stereocenters. The molecular weight excluding hydrogens is 312 g/mol. The molecule has 0 aromatic rings. The summed E-state index contributed by atoms with van der Waals surface area (Å²) in [6, 6.07) is 0. The van der Waals surface area contributed by atoms with E-state index < -0.39 is 0 Å². The average molecular weight is 344 g/mol. The molecule has 1 heterocycles. The molecule has 0 aromatic heterocycles. The van der Waals surface area contributed by atoms with Gasteiger partial charge in [0.25, 0.3) is 0 Å². The van der Waals surface area contributed by atoms with E-state index >= 15 is 0 Å². The van der Waals surface area contributed by atoms with E-state index in [2.05, 4.69) is 34.6 Å². The van der Waals surface area contributed by atoms with E-state index in [1.165, 1.54) is 0 Å². The molecule has 0 spiro atoms. The quantitative estimate of drug-likeness (QED) is 0.632. The van der Waals surface area contributed by atoms with Crippen LogP contribution in [0.4, 0.5) is 0 Å². The van der Waals surface area contributed by atoms with Gasteiger partial charge in [0.05, 0.1) is 0 Å². The van der Waals surface area contributed by atoms with Crippen molar-refractivity contribution in [1.82, 2.24) is 0 Å². The predicted molar refractivity (Wildman–Crippen MR) is 98.8 cm³/mol. The maximum atomic E-state index is 12.9. The Kier molecular flexibility index (Phi) is 4.72. The number of Topliss-reactive ketones (excluding diaryl/α,β-unsaturated/α-hetero) is 2. The van der Waals surface area contributed by atoms with E-state index in [1.807, 2.05) is 0 Å². The molecule has 3 rings (SSSR count). The predicted octanol–water partition coefficient (Wildman–Crippen LogP) is 5.50. The summed E-state index contributed by atoms with van der Waals surface area (Å²) in [7, 11) is 0. The third kappa shape index (κ3) is 3.61. The van der Waals surface area contributed by atoms with Gasteiger partial charge < -0.3 is 4.74 Å². The first-order chi connectivity index (χ1) is 11.6. The van der Waals surface area contributed by atoms with Crippen LogP contribution < -0.4 is 0 Å². The third-order valence-electron chi connectivity index (χ3n) is 5.80. The number of ether oxygens (including phenoxy) is 1. The minimum Gasteiger partial charge on any atom is -0.465 e. The molecule has 0 fully saturated rings. The lowest BCUT2D eigenvalue weighted by Gasteiger charge is -2.42. The van der Waals surface area contributed by atoms with Crippen LogP contribution >= 0.6 is 0 Å². The van der Waals surface area contributed by atoms with Gasteiger partial charge in [-0.25, -0.2) is 0 Å². The number of carbonyl (C=O) groups excluding carboxylic acids is 2. The molecule has 3 nitrogen and oxygen atoms in total. The second-order valence-electron chi connectivity index (χ2n) is 9.71. The monoisotopic (exact) mass is 344 g/mol. The van der Waals surface area contributed by atoms with Gasteiger partial charge in [0, 0.05) is 42.7 Å². The van der Waals surface area contributed by atoms with Crippen LogP contribution in [-0.4, -0.2) is 11.6 Å². The number of rotatable bonds is 4. The van der Waals surface area contributed by atoms with Crippen LogP contribution in [0.25, 0.3) is 0 Å². The van der Waals surface area contributed by atoms with Gasteiger partial charge in [0.15, 0.2) is 11.6 Å². The minimum atomic E-state index is -0.0594. The lowest BCUT2D eigenvalue weighted by atomic mass is 9.66. The fourth-order valence-electron chi connectivity index (χ4n) is 4.70. The van der Waals surface area contributed by atoms with Crippen LogP contribution in [0.1, 0.15) is 86.0 Å². The summed E-state index contributed by atoms with van der Waals surface area (Å²) in [4.78, 5) is 25.8. The molecule has 3 heteroatoms. The molecule has 25 heavy (non-hydrogen) atoms. The highest BCUT2D eigenvalue weighted by Crippen LogP contribution is 2.51. The lowest BCUT2D eigenvalue weighted by molar-refractivity contribution is -0.120. The molecule has 0 atom stereocenters. The Morgan fingerprint density at radius 1 is 0.840 bits per heavy atom. The zero-order valence-electron chi connectivity index (χ0n) is 16.5. The molecule has 3 aliphatic rings. The Bertz CT molecular complexity index is 609. The third-order valence-corrected chi connectivity index (χ3v) is 5.80. The highest BCUT2D eigenvalue weighted by Gasteiger charge is 2.46. The first-order valence-corrected chi connectivity index (χ1v) is 9.84. The second-order valence-corrected chi connectivity index (χ2v) is 9.71. The standard InChI is InChI=1S/C22H32O3/c1-6-7-8-9-14-19-15(23)10-21(2,3)12-17(19)25-18-13-22(4,5)11-16(24)20(14)18/h14H,6-13H2,1-5H3. The van der Waals surface area contributed by atoms with Crippen molar-refractivity contribution in [2.75, 3.05) is 0 Å². The van der Waals surface area contributed by atoms with E-state index in [4.69, 9.17) is 4.74 Å². The first kappa shape index (κ1) is 18.4. The zero-order chi connectivity index (χ0) is 18.4. The molecule has 0 amide bonds. The van der Waals surface area contributed by atoms with E-state index in [-0.39, 0.29) is 28.3 Å². The van der Waals surface area contributed by atoms with Gasteiger partial charge in [-0.3, -0.25) is 9.59 Å². The number of hydrogen-bond acceptors (Lipinski definition) is 3. The van der Waals surface area contributed by atoms with Gasteiger partial charge in [-0.15, -0.1) is 0 Å². The zero-order valence-corrected chi connectivity index (χ0v) is 16.5. The number of allylic oxidation sites excluding steroid dienone is 4. The lowest BCUT2D eigenvalue weighted by Crippen LogP contribution is -2.38.